The fraction of sp³-hybridized carbons (Fsp3) is 0.500. The zero-order valence-electron chi connectivity index (χ0n) is 14.1. The van der Waals surface area contributed by atoms with Crippen molar-refractivity contribution in [3.05, 3.63) is 29.8 Å². The molecule has 1 heterocycles. The average Bonchev–Trinajstić information content (AvgIpc) is 3.17. The van der Waals surface area contributed by atoms with E-state index < -0.39 is 30.1 Å². The second-order valence-corrected chi connectivity index (χ2v) is 6.84. The van der Waals surface area contributed by atoms with E-state index in [1.165, 1.54) is 4.90 Å². The Morgan fingerprint density at radius 2 is 1.96 bits per heavy atom. The SMILES string of the molecule is N#Cc1ccc(N2CC(C(=O)N[C@H]3C[C@@H](CO)[C@H](O)[C@@H]3O)CC2=O)cc1. The van der Waals surface area contributed by atoms with Crippen LogP contribution in [0.1, 0.15) is 18.4 Å². The summed E-state index contributed by atoms with van der Waals surface area (Å²) in [6.07, 6.45) is -1.88. The van der Waals surface area contributed by atoms with Crippen molar-refractivity contribution in [2.24, 2.45) is 11.8 Å². The summed E-state index contributed by atoms with van der Waals surface area (Å²) in [5, 5.41) is 40.6. The Bertz CT molecular complexity index is 729. The number of amides is 2. The summed E-state index contributed by atoms with van der Waals surface area (Å²) in [6.45, 7) is -0.0512. The summed E-state index contributed by atoms with van der Waals surface area (Å²) < 4.78 is 0. The minimum Gasteiger partial charge on any atom is -0.396 e. The van der Waals surface area contributed by atoms with E-state index in [2.05, 4.69) is 5.32 Å². The molecule has 1 saturated heterocycles. The van der Waals surface area contributed by atoms with Crippen molar-refractivity contribution >= 4 is 17.5 Å². The van der Waals surface area contributed by atoms with Gasteiger partial charge in [0.1, 0.15) is 6.10 Å². The molecule has 0 spiro atoms. The Morgan fingerprint density at radius 3 is 2.54 bits per heavy atom. The molecule has 1 aromatic rings. The monoisotopic (exact) mass is 359 g/mol. The zero-order valence-corrected chi connectivity index (χ0v) is 14.1. The first-order valence-corrected chi connectivity index (χ1v) is 8.52. The molecule has 0 aromatic heterocycles. The Hall–Kier alpha value is -2.47. The number of nitrogens with zero attached hydrogens (tertiary/aromatic N) is 2. The molecule has 2 aliphatic rings. The van der Waals surface area contributed by atoms with Gasteiger partial charge < -0.3 is 25.5 Å². The number of rotatable bonds is 4. The maximum absolute atomic E-state index is 12.5. The van der Waals surface area contributed by atoms with E-state index in [0.717, 1.165) is 0 Å². The molecule has 138 valence electrons. The highest BCUT2D eigenvalue weighted by atomic mass is 16.3. The van der Waals surface area contributed by atoms with Gasteiger partial charge in [0.2, 0.25) is 11.8 Å². The van der Waals surface area contributed by atoms with E-state index in [9.17, 15) is 24.9 Å². The normalized spacial score (nSPS) is 31.1. The Labute approximate surface area is 150 Å². The molecule has 1 aromatic carbocycles. The van der Waals surface area contributed by atoms with E-state index in [0.29, 0.717) is 11.3 Å². The molecule has 8 heteroatoms. The van der Waals surface area contributed by atoms with Gasteiger partial charge in [-0.05, 0) is 30.7 Å². The summed E-state index contributed by atoms with van der Waals surface area (Å²) in [7, 11) is 0. The summed E-state index contributed by atoms with van der Waals surface area (Å²) in [4.78, 5) is 26.2. The van der Waals surface area contributed by atoms with Gasteiger partial charge in [0.25, 0.3) is 0 Å². The Morgan fingerprint density at radius 1 is 1.27 bits per heavy atom. The standard InChI is InChI=1S/C18H21N3O5/c19-7-10-1-3-13(4-2-10)21-8-11(6-15(21)23)18(26)20-14-5-12(9-22)16(24)17(14)25/h1-4,11-12,14,16-17,22,24-25H,5-6,8-9H2,(H,20,26)/t11?,12-,14-,16-,17+/m0/s1. The van der Waals surface area contributed by atoms with Crippen molar-refractivity contribution in [2.75, 3.05) is 18.1 Å². The molecule has 1 aliphatic carbocycles. The minimum absolute atomic E-state index is 0.0562. The predicted molar refractivity (Wildman–Crippen MR) is 90.8 cm³/mol. The molecule has 0 radical (unpaired) electrons. The van der Waals surface area contributed by atoms with Crippen LogP contribution < -0.4 is 10.2 Å². The highest BCUT2D eigenvalue weighted by Gasteiger charge is 2.43. The molecule has 3 rings (SSSR count). The Kier molecular flexibility index (Phi) is 5.23. The lowest BCUT2D eigenvalue weighted by Gasteiger charge is -2.20. The summed E-state index contributed by atoms with van der Waals surface area (Å²) in [6, 6.07) is 7.92. The van der Waals surface area contributed by atoms with Gasteiger partial charge in [0.05, 0.1) is 29.7 Å². The predicted octanol–water partition coefficient (Wildman–Crippen LogP) is -0.870. The number of aliphatic hydroxyl groups excluding tert-OH is 3. The second kappa shape index (κ2) is 7.41. The largest absolute Gasteiger partial charge is 0.396 e. The Balaban J connectivity index is 1.63. The minimum atomic E-state index is -1.14. The van der Waals surface area contributed by atoms with Crippen LogP contribution in [0.25, 0.3) is 0 Å². The van der Waals surface area contributed by atoms with E-state index in [4.69, 9.17) is 5.26 Å². The van der Waals surface area contributed by atoms with Crippen molar-refractivity contribution < 1.29 is 24.9 Å². The van der Waals surface area contributed by atoms with Crippen LogP contribution in [0.2, 0.25) is 0 Å². The van der Waals surface area contributed by atoms with Crippen molar-refractivity contribution in [1.29, 1.82) is 5.26 Å². The third-order valence-corrected chi connectivity index (χ3v) is 5.17. The van der Waals surface area contributed by atoms with Crippen molar-refractivity contribution in [2.45, 2.75) is 31.1 Å². The lowest BCUT2D eigenvalue weighted by Crippen LogP contribution is -2.45. The summed E-state index contributed by atoms with van der Waals surface area (Å²) in [5.74, 6) is -1.58. The van der Waals surface area contributed by atoms with Gasteiger partial charge in [-0.1, -0.05) is 0 Å². The lowest BCUT2D eigenvalue weighted by molar-refractivity contribution is -0.127. The van der Waals surface area contributed by atoms with Gasteiger partial charge >= 0.3 is 0 Å². The smallest absolute Gasteiger partial charge is 0.227 e. The first-order valence-electron chi connectivity index (χ1n) is 8.52. The van der Waals surface area contributed by atoms with Crippen LogP contribution in [0, 0.1) is 23.2 Å². The van der Waals surface area contributed by atoms with Gasteiger partial charge in [-0.3, -0.25) is 9.59 Å². The van der Waals surface area contributed by atoms with Gasteiger partial charge in [0, 0.05) is 31.2 Å². The molecule has 2 fully saturated rings. The molecule has 1 saturated carbocycles. The topological polar surface area (TPSA) is 134 Å². The van der Waals surface area contributed by atoms with Crippen LogP contribution in [0.5, 0.6) is 0 Å². The van der Waals surface area contributed by atoms with Crippen LogP contribution in [-0.4, -0.2) is 58.5 Å². The van der Waals surface area contributed by atoms with Crippen LogP contribution in [0.4, 0.5) is 5.69 Å². The van der Waals surface area contributed by atoms with Crippen LogP contribution >= 0.6 is 0 Å². The molecule has 0 bridgehead atoms. The number of nitriles is 1. The molecule has 8 nitrogen and oxygen atoms in total. The number of hydrogen-bond acceptors (Lipinski definition) is 6. The van der Waals surface area contributed by atoms with Gasteiger partial charge in [-0.15, -0.1) is 0 Å². The first kappa shape index (κ1) is 18.3. The maximum Gasteiger partial charge on any atom is 0.227 e. The number of carbonyl (C=O) groups is 2. The third kappa shape index (κ3) is 3.42. The fourth-order valence-corrected chi connectivity index (χ4v) is 3.60. The number of benzene rings is 1. The van der Waals surface area contributed by atoms with Gasteiger partial charge in [-0.25, -0.2) is 0 Å². The van der Waals surface area contributed by atoms with Crippen LogP contribution in [0.15, 0.2) is 24.3 Å². The molecule has 1 aliphatic heterocycles. The van der Waals surface area contributed by atoms with Crippen molar-refractivity contribution in [3.8, 4) is 6.07 Å². The molecular formula is C18H21N3O5. The van der Waals surface area contributed by atoms with Crippen LogP contribution in [-0.2, 0) is 9.59 Å². The molecule has 1 unspecified atom stereocenters. The summed E-state index contributed by atoms with van der Waals surface area (Å²) >= 11 is 0. The van der Waals surface area contributed by atoms with Gasteiger partial charge in [-0.2, -0.15) is 5.26 Å². The van der Waals surface area contributed by atoms with Crippen molar-refractivity contribution in [3.63, 3.8) is 0 Å². The quantitative estimate of drug-likeness (QED) is 0.552. The van der Waals surface area contributed by atoms with Crippen LogP contribution in [0.3, 0.4) is 0 Å². The molecule has 4 N–H and O–H groups in total. The van der Waals surface area contributed by atoms with E-state index in [-0.39, 0.29) is 37.8 Å². The third-order valence-electron chi connectivity index (χ3n) is 5.17. The first-order chi connectivity index (χ1) is 12.4. The molecular weight excluding hydrogens is 338 g/mol. The zero-order chi connectivity index (χ0) is 18.8. The molecule has 2 amide bonds. The highest BCUT2D eigenvalue weighted by Crippen LogP contribution is 2.29. The number of carbonyl (C=O) groups excluding carboxylic acids is 2. The summed E-state index contributed by atoms with van der Waals surface area (Å²) in [5.41, 5.74) is 1.11. The number of nitrogens with one attached hydrogen (secondary N) is 1. The molecule has 26 heavy (non-hydrogen) atoms. The molecule has 5 atom stereocenters. The van der Waals surface area contributed by atoms with E-state index >= 15 is 0 Å². The number of aliphatic hydroxyl groups is 3. The van der Waals surface area contributed by atoms with E-state index in [1.807, 2.05) is 6.07 Å². The lowest BCUT2D eigenvalue weighted by atomic mass is 10.1. The van der Waals surface area contributed by atoms with Gasteiger partial charge in [0.15, 0.2) is 0 Å². The second-order valence-electron chi connectivity index (χ2n) is 6.84. The number of anilines is 1. The fourth-order valence-electron chi connectivity index (χ4n) is 3.60. The maximum atomic E-state index is 12.5. The number of hydrogen-bond donors (Lipinski definition) is 4. The van der Waals surface area contributed by atoms with Crippen molar-refractivity contribution in [1.82, 2.24) is 5.32 Å². The average molecular weight is 359 g/mol. The highest BCUT2D eigenvalue weighted by molar-refractivity contribution is 6.00. The van der Waals surface area contributed by atoms with E-state index in [1.54, 1.807) is 24.3 Å².